The van der Waals surface area contributed by atoms with Crippen molar-refractivity contribution in [2.24, 2.45) is 0 Å². The molecule has 1 aromatic rings. The lowest BCUT2D eigenvalue weighted by atomic mass is 10.2. The number of ether oxygens (including phenoxy) is 2. The van der Waals surface area contributed by atoms with E-state index >= 15 is 0 Å². The third-order valence-electron chi connectivity index (χ3n) is 4.63. The first-order valence-electron chi connectivity index (χ1n) is 8.85. The molecular weight excluding hydrogens is 320 g/mol. The molecule has 2 saturated heterocycles. The Hall–Kier alpha value is -2.17. The van der Waals surface area contributed by atoms with E-state index in [-0.39, 0.29) is 12.0 Å². The van der Waals surface area contributed by atoms with E-state index in [2.05, 4.69) is 16.0 Å². The van der Waals surface area contributed by atoms with Gasteiger partial charge in [0, 0.05) is 39.0 Å². The summed E-state index contributed by atoms with van der Waals surface area (Å²) in [4.78, 5) is 20.5. The van der Waals surface area contributed by atoms with Crippen molar-refractivity contribution in [1.29, 1.82) is 5.26 Å². The number of carbonyl (C=O) groups is 1. The molecule has 2 aliphatic rings. The van der Waals surface area contributed by atoms with Crippen LogP contribution in [0.4, 0.5) is 5.82 Å². The Morgan fingerprint density at radius 3 is 2.96 bits per heavy atom. The van der Waals surface area contributed by atoms with Gasteiger partial charge in [0.05, 0.1) is 31.3 Å². The van der Waals surface area contributed by atoms with Crippen molar-refractivity contribution in [1.82, 2.24) is 9.88 Å². The van der Waals surface area contributed by atoms with Crippen LogP contribution >= 0.6 is 0 Å². The minimum Gasteiger partial charge on any atom is -0.378 e. The summed E-state index contributed by atoms with van der Waals surface area (Å²) in [6.07, 6.45) is 4.44. The van der Waals surface area contributed by atoms with Crippen molar-refractivity contribution in [2.75, 3.05) is 50.9 Å². The molecule has 7 nitrogen and oxygen atoms in total. The number of carbonyl (C=O) groups excluding carboxylic acids is 1. The van der Waals surface area contributed by atoms with Gasteiger partial charge in [0.25, 0.3) is 0 Å². The first-order chi connectivity index (χ1) is 12.3. The fraction of sp³-hybridized carbons (Fsp3) is 0.611. The highest BCUT2D eigenvalue weighted by Gasteiger charge is 2.23. The van der Waals surface area contributed by atoms with Crippen molar-refractivity contribution < 1.29 is 14.3 Å². The number of hydrogen-bond donors (Lipinski definition) is 0. The summed E-state index contributed by atoms with van der Waals surface area (Å²) in [6.45, 7) is 4.51. The Morgan fingerprint density at radius 1 is 1.40 bits per heavy atom. The lowest BCUT2D eigenvalue weighted by molar-refractivity contribution is -0.132. The van der Waals surface area contributed by atoms with Gasteiger partial charge in [-0.3, -0.25) is 4.79 Å². The maximum absolute atomic E-state index is 12.3. The summed E-state index contributed by atoms with van der Waals surface area (Å²) in [5.74, 6) is 0.825. The average Bonchev–Trinajstić information content (AvgIpc) is 3.18. The molecule has 25 heavy (non-hydrogen) atoms. The van der Waals surface area contributed by atoms with Gasteiger partial charge >= 0.3 is 0 Å². The second-order valence-corrected chi connectivity index (χ2v) is 6.31. The SMILES string of the molecule is N#Cc1cccnc1N1CCN(C(=O)CCOCC2CCCO2)CC1. The molecule has 0 saturated carbocycles. The van der Waals surface area contributed by atoms with Crippen LogP contribution < -0.4 is 4.90 Å². The maximum Gasteiger partial charge on any atom is 0.225 e. The van der Waals surface area contributed by atoms with Gasteiger partial charge in [-0.15, -0.1) is 0 Å². The standard InChI is InChI=1S/C18H24N4O3/c19-13-15-3-1-6-20-18(15)22-9-7-21(8-10-22)17(23)5-12-24-14-16-4-2-11-25-16/h1,3,6,16H,2,4-5,7-12,14H2. The quantitative estimate of drug-likeness (QED) is 0.721. The van der Waals surface area contributed by atoms with Crippen LogP contribution in [0.15, 0.2) is 18.3 Å². The number of pyridine rings is 1. The van der Waals surface area contributed by atoms with E-state index in [9.17, 15) is 10.1 Å². The number of hydrogen-bond acceptors (Lipinski definition) is 6. The normalized spacial score (nSPS) is 20.5. The van der Waals surface area contributed by atoms with E-state index < -0.39 is 0 Å². The zero-order chi connectivity index (χ0) is 17.5. The number of nitrogens with zero attached hydrogens (tertiary/aromatic N) is 4. The predicted molar refractivity (Wildman–Crippen MR) is 92.2 cm³/mol. The van der Waals surface area contributed by atoms with E-state index in [0.29, 0.717) is 57.2 Å². The summed E-state index contributed by atoms with van der Waals surface area (Å²) >= 11 is 0. The highest BCUT2D eigenvalue weighted by molar-refractivity contribution is 5.76. The van der Waals surface area contributed by atoms with Crippen LogP contribution in [0.1, 0.15) is 24.8 Å². The average molecular weight is 344 g/mol. The number of anilines is 1. The summed E-state index contributed by atoms with van der Waals surface area (Å²) in [6, 6.07) is 5.70. The van der Waals surface area contributed by atoms with E-state index in [0.717, 1.165) is 19.4 Å². The van der Waals surface area contributed by atoms with Crippen molar-refractivity contribution in [3.63, 3.8) is 0 Å². The molecule has 2 fully saturated rings. The van der Waals surface area contributed by atoms with Crippen molar-refractivity contribution in [2.45, 2.75) is 25.4 Å². The molecule has 3 rings (SSSR count). The second-order valence-electron chi connectivity index (χ2n) is 6.31. The fourth-order valence-corrected chi connectivity index (χ4v) is 3.21. The Morgan fingerprint density at radius 2 is 2.24 bits per heavy atom. The van der Waals surface area contributed by atoms with Crippen LogP contribution in [0.2, 0.25) is 0 Å². The molecular formula is C18H24N4O3. The van der Waals surface area contributed by atoms with Crippen LogP contribution in [0.3, 0.4) is 0 Å². The number of rotatable bonds is 6. The third kappa shape index (κ3) is 4.68. The van der Waals surface area contributed by atoms with Crippen molar-refractivity contribution >= 4 is 11.7 Å². The Kier molecular flexibility index (Phi) is 6.20. The molecule has 0 N–H and O–H groups in total. The van der Waals surface area contributed by atoms with Crippen molar-refractivity contribution in [3.05, 3.63) is 23.9 Å². The second kappa shape index (κ2) is 8.79. The monoisotopic (exact) mass is 344 g/mol. The molecule has 0 aromatic carbocycles. The molecule has 1 amide bonds. The van der Waals surface area contributed by atoms with Gasteiger partial charge in [-0.1, -0.05) is 0 Å². The molecule has 0 aliphatic carbocycles. The molecule has 0 bridgehead atoms. The number of aromatic nitrogens is 1. The van der Waals surface area contributed by atoms with Crippen molar-refractivity contribution in [3.8, 4) is 6.07 Å². The van der Waals surface area contributed by atoms with E-state index in [1.807, 2.05) is 4.90 Å². The number of amides is 1. The third-order valence-corrected chi connectivity index (χ3v) is 4.63. The van der Waals surface area contributed by atoms with E-state index in [1.54, 1.807) is 18.3 Å². The highest BCUT2D eigenvalue weighted by Crippen LogP contribution is 2.18. The first-order valence-corrected chi connectivity index (χ1v) is 8.85. The Balaban J connectivity index is 1.39. The van der Waals surface area contributed by atoms with Gasteiger partial charge in [-0.25, -0.2) is 4.98 Å². The molecule has 3 heterocycles. The van der Waals surface area contributed by atoms with Gasteiger partial charge in [-0.2, -0.15) is 5.26 Å². The maximum atomic E-state index is 12.3. The molecule has 7 heteroatoms. The van der Waals surface area contributed by atoms with Crippen LogP contribution in [0, 0.1) is 11.3 Å². The van der Waals surface area contributed by atoms with Crippen LogP contribution in [-0.2, 0) is 14.3 Å². The minimum atomic E-state index is 0.119. The molecule has 1 unspecified atom stereocenters. The van der Waals surface area contributed by atoms with Crippen LogP contribution in [0.25, 0.3) is 0 Å². The molecule has 1 atom stereocenters. The van der Waals surface area contributed by atoms with Crippen LogP contribution in [-0.4, -0.2) is 67.9 Å². The predicted octanol–water partition coefficient (Wildman–Crippen LogP) is 1.19. The van der Waals surface area contributed by atoms with Gasteiger partial charge < -0.3 is 19.3 Å². The van der Waals surface area contributed by atoms with Gasteiger partial charge in [0.2, 0.25) is 5.91 Å². The Labute approximate surface area is 148 Å². The zero-order valence-corrected chi connectivity index (χ0v) is 14.4. The van der Waals surface area contributed by atoms with Gasteiger partial charge in [0.1, 0.15) is 11.9 Å². The lowest BCUT2D eigenvalue weighted by Crippen LogP contribution is -2.49. The summed E-state index contributed by atoms with van der Waals surface area (Å²) in [7, 11) is 0. The minimum absolute atomic E-state index is 0.119. The van der Waals surface area contributed by atoms with Gasteiger partial charge in [0.15, 0.2) is 0 Å². The first kappa shape index (κ1) is 17.6. The van der Waals surface area contributed by atoms with Crippen LogP contribution in [0.5, 0.6) is 0 Å². The van der Waals surface area contributed by atoms with E-state index in [4.69, 9.17) is 9.47 Å². The number of piperazine rings is 1. The zero-order valence-electron chi connectivity index (χ0n) is 14.4. The van der Waals surface area contributed by atoms with E-state index in [1.165, 1.54) is 0 Å². The highest BCUT2D eigenvalue weighted by atomic mass is 16.5. The summed E-state index contributed by atoms with van der Waals surface area (Å²) in [5.41, 5.74) is 0.574. The topological polar surface area (TPSA) is 78.7 Å². The molecule has 0 spiro atoms. The molecule has 0 radical (unpaired) electrons. The number of nitriles is 1. The largest absolute Gasteiger partial charge is 0.378 e. The molecule has 2 aliphatic heterocycles. The molecule has 1 aromatic heterocycles. The molecule has 134 valence electrons. The fourth-order valence-electron chi connectivity index (χ4n) is 3.21. The Bertz CT molecular complexity index is 617. The lowest BCUT2D eigenvalue weighted by Gasteiger charge is -2.35. The smallest absolute Gasteiger partial charge is 0.225 e. The summed E-state index contributed by atoms with van der Waals surface area (Å²) < 4.78 is 11.1. The summed E-state index contributed by atoms with van der Waals surface area (Å²) in [5, 5.41) is 9.18. The van der Waals surface area contributed by atoms with Gasteiger partial charge in [-0.05, 0) is 25.0 Å².